The average molecular weight is 385 g/mol. The number of nitrogens with one attached hydrogen (secondary N) is 1. The van der Waals surface area contributed by atoms with E-state index in [1.165, 1.54) is 12.0 Å². The van der Waals surface area contributed by atoms with Crippen LogP contribution in [0.25, 0.3) is 0 Å². The van der Waals surface area contributed by atoms with Crippen LogP contribution in [-0.4, -0.2) is 34.5 Å². The van der Waals surface area contributed by atoms with Crippen LogP contribution in [0.4, 0.5) is 10.7 Å². The lowest BCUT2D eigenvalue weighted by Crippen LogP contribution is -2.31. The van der Waals surface area contributed by atoms with Crippen LogP contribution in [0.2, 0.25) is 0 Å². The third kappa shape index (κ3) is 4.17. The molecule has 1 aromatic heterocycles. The highest BCUT2D eigenvalue weighted by Gasteiger charge is 2.22. The number of ether oxygens (including phenoxy) is 2. The summed E-state index contributed by atoms with van der Waals surface area (Å²) in [6.45, 7) is 0.137. The van der Waals surface area contributed by atoms with Crippen LogP contribution < -0.4 is 9.64 Å². The predicted octanol–water partition coefficient (Wildman–Crippen LogP) is 3.36. The molecule has 0 aliphatic heterocycles. The van der Waals surface area contributed by atoms with Gasteiger partial charge in [-0.25, -0.2) is 18.9 Å². The van der Waals surface area contributed by atoms with Gasteiger partial charge in [0.15, 0.2) is 0 Å². The number of rotatable bonds is 6. The Morgan fingerprint density at radius 3 is 2.59 bits per heavy atom. The first-order valence-electron chi connectivity index (χ1n) is 8.12. The number of amides is 1. The molecule has 0 aliphatic carbocycles. The van der Waals surface area contributed by atoms with Crippen molar-refractivity contribution in [2.75, 3.05) is 19.1 Å². The molecule has 7 nitrogen and oxygen atoms in total. The van der Waals surface area contributed by atoms with E-state index in [1.54, 1.807) is 49.8 Å². The molecule has 1 unspecified atom stereocenters. The number of H-pyrrole nitrogens is 1. The number of benzene rings is 2. The van der Waals surface area contributed by atoms with Crippen molar-refractivity contribution < 1.29 is 18.5 Å². The molecule has 0 fully saturated rings. The van der Waals surface area contributed by atoms with Gasteiger partial charge in [-0.2, -0.15) is 0 Å². The first-order valence-corrected chi connectivity index (χ1v) is 9.27. The minimum atomic E-state index is -1.44. The van der Waals surface area contributed by atoms with Gasteiger partial charge in [0.1, 0.15) is 5.75 Å². The van der Waals surface area contributed by atoms with Crippen molar-refractivity contribution in [3.05, 3.63) is 66.5 Å². The molecule has 1 atom stereocenters. The van der Waals surface area contributed by atoms with Gasteiger partial charge in [-0.3, -0.25) is 0 Å². The van der Waals surface area contributed by atoms with Gasteiger partial charge < -0.3 is 14.5 Å². The van der Waals surface area contributed by atoms with Crippen LogP contribution in [0.5, 0.6) is 5.75 Å². The first kappa shape index (κ1) is 18.7. The number of aromatic nitrogens is 2. The summed E-state index contributed by atoms with van der Waals surface area (Å²) in [5, 5.41) is 0. The number of nitrogens with zero attached hydrogens (tertiary/aromatic N) is 2. The molecule has 1 N–H and O–H groups in total. The van der Waals surface area contributed by atoms with Crippen LogP contribution in [0, 0.1) is 0 Å². The fourth-order valence-electron chi connectivity index (χ4n) is 2.55. The lowest BCUT2D eigenvalue weighted by molar-refractivity contribution is 0.178. The van der Waals surface area contributed by atoms with E-state index in [0.29, 0.717) is 27.1 Å². The molecule has 27 heavy (non-hydrogen) atoms. The molecule has 2 aromatic carbocycles. The number of carbonyl (C=O) groups excluding carboxylic acids is 1. The maximum absolute atomic E-state index is 13.1. The quantitative estimate of drug-likeness (QED) is 0.703. The summed E-state index contributed by atoms with van der Waals surface area (Å²) in [6.07, 6.45) is 2.59. The standard InChI is InChI=1S/C19H19N3O4S/c1-25-15-9-8-14(13-22(19(23)26-2)18-20-10-11-21-18)17(12-15)27(24)16-6-4-3-5-7-16/h3-12H,13H2,1-2H3,(H,20,21). The van der Waals surface area contributed by atoms with E-state index >= 15 is 0 Å². The summed E-state index contributed by atoms with van der Waals surface area (Å²) in [7, 11) is 1.41. The summed E-state index contributed by atoms with van der Waals surface area (Å²) < 4.78 is 23.3. The summed E-state index contributed by atoms with van der Waals surface area (Å²) in [5.74, 6) is 0.926. The lowest BCUT2D eigenvalue weighted by Gasteiger charge is -2.20. The van der Waals surface area contributed by atoms with Crippen LogP contribution in [0.3, 0.4) is 0 Å². The fourth-order valence-corrected chi connectivity index (χ4v) is 3.80. The van der Waals surface area contributed by atoms with Crippen molar-refractivity contribution in [2.24, 2.45) is 0 Å². The molecule has 0 saturated carbocycles. The lowest BCUT2D eigenvalue weighted by atomic mass is 10.2. The van der Waals surface area contributed by atoms with E-state index in [4.69, 9.17) is 9.47 Å². The highest BCUT2D eigenvalue weighted by atomic mass is 32.2. The van der Waals surface area contributed by atoms with Crippen LogP contribution in [-0.2, 0) is 22.1 Å². The Morgan fingerprint density at radius 1 is 1.19 bits per heavy atom. The molecule has 140 valence electrons. The zero-order valence-corrected chi connectivity index (χ0v) is 15.7. The normalized spacial score (nSPS) is 11.6. The second-order valence-corrected chi connectivity index (χ2v) is 6.97. The maximum atomic E-state index is 13.1. The van der Waals surface area contributed by atoms with Gasteiger partial charge in [0.2, 0.25) is 5.95 Å². The number of anilines is 1. The van der Waals surface area contributed by atoms with Gasteiger partial charge >= 0.3 is 6.09 Å². The molecule has 3 aromatic rings. The van der Waals surface area contributed by atoms with Crippen molar-refractivity contribution in [3.8, 4) is 5.75 Å². The number of carbonyl (C=O) groups is 1. The van der Waals surface area contributed by atoms with Crippen molar-refractivity contribution in [1.82, 2.24) is 9.97 Å². The number of hydrogen-bond acceptors (Lipinski definition) is 5. The fraction of sp³-hybridized carbons (Fsp3) is 0.158. The van der Waals surface area contributed by atoms with Crippen LogP contribution in [0.15, 0.2) is 70.7 Å². The predicted molar refractivity (Wildman–Crippen MR) is 101 cm³/mol. The number of aromatic amines is 1. The topological polar surface area (TPSA) is 84.5 Å². The van der Waals surface area contributed by atoms with E-state index in [1.807, 2.05) is 18.2 Å². The Balaban J connectivity index is 2.01. The molecule has 0 aliphatic rings. The largest absolute Gasteiger partial charge is 0.497 e. The summed E-state index contributed by atoms with van der Waals surface area (Å²) in [5.41, 5.74) is 0.694. The molecular formula is C19H19N3O4S. The first-order chi connectivity index (χ1) is 13.1. The van der Waals surface area contributed by atoms with E-state index < -0.39 is 16.9 Å². The Bertz CT molecular complexity index is 929. The molecular weight excluding hydrogens is 366 g/mol. The Morgan fingerprint density at radius 2 is 1.96 bits per heavy atom. The Hall–Kier alpha value is -3.13. The third-order valence-electron chi connectivity index (χ3n) is 3.89. The summed E-state index contributed by atoms with van der Waals surface area (Å²) in [4.78, 5) is 21.8. The van der Waals surface area contributed by atoms with Crippen molar-refractivity contribution in [3.63, 3.8) is 0 Å². The molecule has 0 radical (unpaired) electrons. The van der Waals surface area contributed by atoms with E-state index in [0.717, 1.165) is 0 Å². The summed E-state index contributed by atoms with van der Waals surface area (Å²) in [6, 6.07) is 14.4. The van der Waals surface area contributed by atoms with Gasteiger partial charge in [-0.1, -0.05) is 24.3 Å². The monoisotopic (exact) mass is 385 g/mol. The van der Waals surface area contributed by atoms with Crippen LogP contribution in [0.1, 0.15) is 5.56 Å². The number of hydrogen-bond donors (Lipinski definition) is 1. The maximum Gasteiger partial charge on any atom is 0.416 e. The molecule has 1 amide bonds. The number of imidazole rings is 1. The van der Waals surface area contributed by atoms with Crippen molar-refractivity contribution >= 4 is 22.8 Å². The number of methoxy groups -OCH3 is 2. The molecule has 8 heteroatoms. The van der Waals surface area contributed by atoms with Gasteiger partial charge in [-0.05, 0) is 29.8 Å². The van der Waals surface area contributed by atoms with E-state index in [9.17, 15) is 9.00 Å². The van der Waals surface area contributed by atoms with E-state index in [-0.39, 0.29) is 6.54 Å². The van der Waals surface area contributed by atoms with Crippen molar-refractivity contribution in [2.45, 2.75) is 16.3 Å². The van der Waals surface area contributed by atoms with Gasteiger partial charge in [-0.15, -0.1) is 0 Å². The van der Waals surface area contributed by atoms with Crippen molar-refractivity contribution in [1.29, 1.82) is 0 Å². The average Bonchev–Trinajstić information content (AvgIpc) is 3.26. The zero-order chi connectivity index (χ0) is 19.2. The second kappa shape index (κ2) is 8.50. The van der Waals surface area contributed by atoms with Crippen LogP contribution >= 0.6 is 0 Å². The summed E-state index contributed by atoms with van der Waals surface area (Å²) >= 11 is 0. The van der Waals surface area contributed by atoms with Gasteiger partial charge in [0, 0.05) is 17.3 Å². The third-order valence-corrected chi connectivity index (χ3v) is 5.37. The minimum absolute atomic E-state index is 0.137. The molecule has 1 heterocycles. The SMILES string of the molecule is COC(=O)N(Cc1ccc(OC)cc1S(=O)c1ccccc1)c1ncc[nH]1. The second-order valence-electron chi connectivity index (χ2n) is 5.52. The highest BCUT2D eigenvalue weighted by molar-refractivity contribution is 7.85. The van der Waals surface area contributed by atoms with E-state index in [2.05, 4.69) is 9.97 Å². The highest BCUT2D eigenvalue weighted by Crippen LogP contribution is 2.27. The Kier molecular flexibility index (Phi) is 5.87. The molecule has 0 bridgehead atoms. The van der Waals surface area contributed by atoms with Gasteiger partial charge in [0.05, 0.1) is 36.5 Å². The van der Waals surface area contributed by atoms with Gasteiger partial charge in [0.25, 0.3) is 0 Å². The smallest absolute Gasteiger partial charge is 0.416 e. The molecule has 0 spiro atoms. The zero-order valence-electron chi connectivity index (χ0n) is 14.9. The Labute approximate surface area is 159 Å². The molecule has 3 rings (SSSR count). The minimum Gasteiger partial charge on any atom is -0.497 e. The molecule has 0 saturated heterocycles.